The molecular formula is C15H23N3O4. The van der Waals surface area contributed by atoms with Crippen molar-refractivity contribution in [1.29, 1.82) is 0 Å². The zero-order chi connectivity index (χ0) is 16.7. The van der Waals surface area contributed by atoms with Gasteiger partial charge in [-0.1, -0.05) is 13.3 Å². The summed E-state index contributed by atoms with van der Waals surface area (Å²) in [6.07, 6.45) is 4.47. The lowest BCUT2D eigenvalue weighted by Crippen LogP contribution is -2.39. The lowest BCUT2D eigenvalue weighted by atomic mass is 10.2. The van der Waals surface area contributed by atoms with Crippen LogP contribution in [0.5, 0.6) is 0 Å². The first-order chi connectivity index (χ1) is 10.4. The first-order valence-corrected chi connectivity index (χ1v) is 7.32. The summed E-state index contributed by atoms with van der Waals surface area (Å²) < 4.78 is 7.18. The van der Waals surface area contributed by atoms with E-state index < -0.39 is 17.2 Å². The maximum Gasteiger partial charge on any atom is 0.332 e. The Labute approximate surface area is 129 Å². The Hall–Kier alpha value is -2.31. The highest BCUT2D eigenvalue weighted by Crippen LogP contribution is 2.10. The molecule has 0 spiro atoms. The highest BCUT2D eigenvalue weighted by atomic mass is 16.5. The lowest BCUT2D eigenvalue weighted by molar-refractivity contribution is -0.137. The Morgan fingerprint density at radius 2 is 1.91 bits per heavy atom. The Morgan fingerprint density at radius 3 is 2.50 bits per heavy atom. The molecule has 0 atom stereocenters. The van der Waals surface area contributed by atoms with Gasteiger partial charge in [-0.25, -0.2) is 9.59 Å². The fourth-order valence-electron chi connectivity index (χ4n) is 1.96. The van der Waals surface area contributed by atoms with Crippen LogP contribution in [0.25, 0.3) is 6.08 Å². The Balaban J connectivity index is 3.30. The predicted molar refractivity (Wildman–Crippen MR) is 86.0 cm³/mol. The van der Waals surface area contributed by atoms with Gasteiger partial charge in [-0.2, -0.15) is 0 Å². The van der Waals surface area contributed by atoms with E-state index in [0.29, 0.717) is 12.4 Å². The van der Waals surface area contributed by atoms with Gasteiger partial charge in [0, 0.05) is 26.7 Å². The molecule has 0 saturated heterocycles. The summed E-state index contributed by atoms with van der Waals surface area (Å²) in [5.74, 6) is -0.125. The third kappa shape index (κ3) is 4.09. The molecule has 22 heavy (non-hydrogen) atoms. The van der Waals surface area contributed by atoms with E-state index in [0.717, 1.165) is 17.4 Å². The van der Waals surface area contributed by atoms with Crippen LogP contribution >= 0.6 is 0 Å². The second-order valence-corrected chi connectivity index (χ2v) is 4.83. The molecule has 1 rings (SSSR count). The van der Waals surface area contributed by atoms with Crippen LogP contribution in [0.4, 0.5) is 5.82 Å². The minimum absolute atomic E-state index is 0.258. The topological polar surface area (TPSA) is 82.3 Å². The van der Waals surface area contributed by atoms with Crippen molar-refractivity contribution in [2.45, 2.75) is 26.7 Å². The van der Waals surface area contributed by atoms with Gasteiger partial charge >= 0.3 is 11.7 Å². The number of hydrogen-bond donors (Lipinski definition) is 1. The molecule has 1 N–H and O–H groups in total. The van der Waals surface area contributed by atoms with Gasteiger partial charge in [-0.3, -0.25) is 13.9 Å². The van der Waals surface area contributed by atoms with Crippen molar-refractivity contribution in [1.82, 2.24) is 9.13 Å². The summed E-state index contributed by atoms with van der Waals surface area (Å²) >= 11 is 0. The zero-order valence-electron chi connectivity index (χ0n) is 13.5. The SMILES string of the molecule is CCCCNc1c(/C=C/C(=O)OCC)c(=O)n(C)c(=O)n1C. The number of nitrogens with zero attached hydrogens (tertiary/aromatic N) is 2. The first-order valence-electron chi connectivity index (χ1n) is 7.32. The molecule has 1 heterocycles. The molecule has 0 saturated carbocycles. The fourth-order valence-corrected chi connectivity index (χ4v) is 1.96. The molecule has 0 radical (unpaired) electrons. The molecule has 0 fully saturated rings. The Kier molecular flexibility index (Phi) is 6.62. The summed E-state index contributed by atoms with van der Waals surface area (Å²) in [7, 11) is 2.99. The third-order valence-corrected chi connectivity index (χ3v) is 3.19. The standard InChI is InChI=1S/C15H23N3O4/c1-5-7-10-16-13-11(8-9-12(19)22-6-2)14(20)18(4)15(21)17(13)3/h8-9,16H,5-7,10H2,1-4H3/b9-8+. The van der Waals surface area contributed by atoms with Crippen LogP contribution in [0.3, 0.4) is 0 Å². The summed E-state index contributed by atoms with van der Waals surface area (Å²) in [5.41, 5.74) is -0.617. The van der Waals surface area contributed by atoms with E-state index in [4.69, 9.17) is 4.74 Å². The van der Waals surface area contributed by atoms with Gasteiger partial charge < -0.3 is 10.1 Å². The van der Waals surface area contributed by atoms with Gasteiger partial charge in [0.1, 0.15) is 5.82 Å². The van der Waals surface area contributed by atoms with Crippen molar-refractivity contribution in [2.75, 3.05) is 18.5 Å². The zero-order valence-corrected chi connectivity index (χ0v) is 13.5. The van der Waals surface area contributed by atoms with E-state index in [1.54, 1.807) is 14.0 Å². The van der Waals surface area contributed by atoms with Crippen molar-refractivity contribution in [3.05, 3.63) is 32.5 Å². The second kappa shape index (κ2) is 8.21. The minimum Gasteiger partial charge on any atom is -0.463 e. The van der Waals surface area contributed by atoms with E-state index in [-0.39, 0.29) is 12.2 Å². The number of carbonyl (C=O) groups is 1. The Bertz CT molecular complexity index is 671. The van der Waals surface area contributed by atoms with E-state index >= 15 is 0 Å². The van der Waals surface area contributed by atoms with Crippen LogP contribution in [0.1, 0.15) is 32.3 Å². The number of rotatable bonds is 7. The number of esters is 1. The second-order valence-electron chi connectivity index (χ2n) is 4.83. The Morgan fingerprint density at radius 1 is 1.23 bits per heavy atom. The molecule has 7 heteroatoms. The monoisotopic (exact) mass is 309 g/mol. The number of aromatic nitrogens is 2. The van der Waals surface area contributed by atoms with Crippen LogP contribution in [0.15, 0.2) is 15.7 Å². The molecule has 0 aliphatic carbocycles. The molecule has 0 bridgehead atoms. The summed E-state index contributed by atoms with van der Waals surface area (Å²) in [5, 5.41) is 3.09. The van der Waals surface area contributed by atoms with Crippen molar-refractivity contribution in [2.24, 2.45) is 14.1 Å². The van der Waals surface area contributed by atoms with Crippen LogP contribution in [-0.4, -0.2) is 28.3 Å². The van der Waals surface area contributed by atoms with E-state index in [9.17, 15) is 14.4 Å². The number of nitrogens with one attached hydrogen (secondary N) is 1. The minimum atomic E-state index is -0.530. The third-order valence-electron chi connectivity index (χ3n) is 3.19. The average molecular weight is 309 g/mol. The molecule has 122 valence electrons. The molecule has 0 aromatic carbocycles. The highest BCUT2D eigenvalue weighted by Gasteiger charge is 2.13. The van der Waals surface area contributed by atoms with Crippen LogP contribution in [0.2, 0.25) is 0 Å². The molecule has 0 amide bonds. The van der Waals surface area contributed by atoms with Crippen molar-refractivity contribution < 1.29 is 9.53 Å². The van der Waals surface area contributed by atoms with Crippen LogP contribution in [0, 0.1) is 0 Å². The number of anilines is 1. The number of carbonyl (C=O) groups excluding carboxylic acids is 1. The van der Waals surface area contributed by atoms with E-state index in [2.05, 4.69) is 5.32 Å². The molecule has 0 aliphatic rings. The van der Waals surface area contributed by atoms with Gasteiger partial charge in [-0.05, 0) is 19.4 Å². The number of unbranched alkanes of at least 4 members (excludes halogenated alkanes) is 1. The van der Waals surface area contributed by atoms with E-state index in [1.807, 2.05) is 6.92 Å². The van der Waals surface area contributed by atoms with Gasteiger partial charge in [0.2, 0.25) is 0 Å². The fraction of sp³-hybridized carbons (Fsp3) is 0.533. The van der Waals surface area contributed by atoms with Crippen LogP contribution in [-0.2, 0) is 23.6 Å². The molecule has 1 aromatic rings. The summed E-state index contributed by atoms with van der Waals surface area (Å²) in [6, 6.07) is 0. The quantitative estimate of drug-likeness (QED) is 0.459. The van der Waals surface area contributed by atoms with E-state index in [1.165, 1.54) is 23.8 Å². The summed E-state index contributed by atoms with van der Waals surface area (Å²) in [6.45, 7) is 4.65. The molecular weight excluding hydrogens is 286 g/mol. The molecule has 7 nitrogen and oxygen atoms in total. The number of ether oxygens (including phenoxy) is 1. The first kappa shape index (κ1) is 17.7. The van der Waals surface area contributed by atoms with Gasteiger partial charge in [0.15, 0.2) is 0 Å². The maximum atomic E-state index is 12.3. The highest BCUT2D eigenvalue weighted by molar-refractivity contribution is 5.88. The van der Waals surface area contributed by atoms with Gasteiger partial charge in [0.05, 0.1) is 12.2 Å². The lowest BCUT2D eigenvalue weighted by Gasteiger charge is -2.14. The predicted octanol–water partition coefficient (Wildman–Crippen LogP) is 0.872. The van der Waals surface area contributed by atoms with Crippen molar-refractivity contribution in [3.63, 3.8) is 0 Å². The van der Waals surface area contributed by atoms with Crippen LogP contribution < -0.4 is 16.6 Å². The normalized spacial score (nSPS) is 10.9. The summed E-state index contributed by atoms with van der Waals surface area (Å²) in [4.78, 5) is 35.7. The van der Waals surface area contributed by atoms with Crippen molar-refractivity contribution >= 4 is 17.9 Å². The molecule has 0 aliphatic heterocycles. The average Bonchev–Trinajstić information content (AvgIpc) is 2.50. The van der Waals surface area contributed by atoms with Gasteiger partial charge in [-0.15, -0.1) is 0 Å². The maximum absolute atomic E-state index is 12.3. The number of hydrogen-bond acceptors (Lipinski definition) is 5. The van der Waals surface area contributed by atoms with Crippen molar-refractivity contribution in [3.8, 4) is 0 Å². The van der Waals surface area contributed by atoms with Gasteiger partial charge in [0.25, 0.3) is 5.56 Å². The largest absolute Gasteiger partial charge is 0.463 e. The molecule has 1 aromatic heterocycles. The molecule has 0 unspecified atom stereocenters. The smallest absolute Gasteiger partial charge is 0.332 e.